The summed E-state index contributed by atoms with van der Waals surface area (Å²) in [6, 6.07) is -0.833. The second-order valence-corrected chi connectivity index (χ2v) is 18.8. The van der Waals surface area contributed by atoms with E-state index in [0.29, 0.717) is 12.8 Å². The molecule has 1 amide bonds. The highest BCUT2D eigenvalue weighted by molar-refractivity contribution is 5.76. The van der Waals surface area contributed by atoms with Crippen molar-refractivity contribution in [1.29, 1.82) is 0 Å². The molecule has 3 atom stereocenters. The van der Waals surface area contributed by atoms with Gasteiger partial charge < -0.3 is 20.6 Å². The molecule has 0 spiro atoms. The standard InChI is InChI=1S/C57H107NO4/c1-3-5-7-9-11-13-15-17-19-20-21-22-23-24-25-26-27-28-29-30-31-32-33-34-35-36-38-40-42-44-46-48-50-52-56(61)58-54(53-59)57(62)55(60)51-49-47-45-43-41-39-37-18-16-14-12-10-8-6-4-2/h18,21-22,24-25,37,43,45,54-55,57,59-60,62H,3-17,19-20,23,26-36,38-42,44,46-53H2,1-2H3,(H,58,61)/b22-21-,25-24-,37-18+,45-43+. The molecular formula is C57H107NO4. The van der Waals surface area contributed by atoms with E-state index in [1.165, 1.54) is 205 Å². The number of aliphatic hydroxyl groups excluding tert-OH is 3. The predicted molar refractivity (Wildman–Crippen MR) is 273 cm³/mol. The van der Waals surface area contributed by atoms with E-state index < -0.39 is 18.2 Å². The van der Waals surface area contributed by atoms with E-state index >= 15 is 0 Å². The summed E-state index contributed by atoms with van der Waals surface area (Å²) in [4.78, 5) is 12.5. The number of amides is 1. The van der Waals surface area contributed by atoms with Gasteiger partial charge in [0, 0.05) is 6.42 Å². The quantitative estimate of drug-likeness (QED) is 0.0362. The zero-order valence-electron chi connectivity index (χ0n) is 41.5. The third-order valence-corrected chi connectivity index (χ3v) is 12.6. The van der Waals surface area contributed by atoms with Crippen LogP contribution in [0, 0.1) is 0 Å². The van der Waals surface area contributed by atoms with Gasteiger partial charge in [0.2, 0.25) is 5.91 Å². The first-order chi connectivity index (χ1) is 30.6. The molecule has 5 nitrogen and oxygen atoms in total. The number of carbonyl (C=O) groups excluding carboxylic acids is 1. The van der Waals surface area contributed by atoms with Crippen molar-refractivity contribution in [2.24, 2.45) is 0 Å². The van der Waals surface area contributed by atoms with Crippen LogP contribution < -0.4 is 5.32 Å². The molecule has 0 heterocycles. The number of unbranched alkanes of at least 4 members (excludes halogenated alkanes) is 34. The number of carbonyl (C=O) groups is 1. The number of aliphatic hydroxyl groups is 3. The molecule has 0 saturated heterocycles. The van der Waals surface area contributed by atoms with Gasteiger partial charge in [-0.25, -0.2) is 0 Å². The second kappa shape index (κ2) is 51.9. The van der Waals surface area contributed by atoms with Gasteiger partial charge in [-0.15, -0.1) is 0 Å². The van der Waals surface area contributed by atoms with E-state index in [1.54, 1.807) is 0 Å². The minimum Gasteiger partial charge on any atom is -0.394 e. The van der Waals surface area contributed by atoms with Crippen molar-refractivity contribution in [3.63, 3.8) is 0 Å². The third-order valence-electron chi connectivity index (χ3n) is 12.6. The summed E-state index contributed by atoms with van der Waals surface area (Å²) < 4.78 is 0. The summed E-state index contributed by atoms with van der Waals surface area (Å²) >= 11 is 0. The SMILES string of the molecule is CCCCCCCC/C=C/CC/C=C/CCCC(O)C(O)C(CO)NC(=O)CCCCCCCCCCCCCCCCCCC/C=C\C/C=C\CCCCCCCCCCC. The van der Waals surface area contributed by atoms with Crippen LogP contribution in [0.15, 0.2) is 48.6 Å². The smallest absolute Gasteiger partial charge is 0.220 e. The van der Waals surface area contributed by atoms with Crippen LogP contribution in [0.1, 0.15) is 284 Å². The summed E-state index contributed by atoms with van der Waals surface area (Å²) in [5, 5.41) is 33.6. The van der Waals surface area contributed by atoms with E-state index in [0.717, 1.165) is 51.4 Å². The van der Waals surface area contributed by atoms with Gasteiger partial charge in [-0.3, -0.25) is 4.79 Å². The molecule has 5 heteroatoms. The molecular weight excluding hydrogens is 763 g/mol. The molecule has 62 heavy (non-hydrogen) atoms. The third kappa shape index (κ3) is 46.3. The number of nitrogens with one attached hydrogen (secondary N) is 1. The predicted octanol–water partition coefficient (Wildman–Crippen LogP) is 16.8. The first kappa shape index (κ1) is 60.3. The summed E-state index contributed by atoms with van der Waals surface area (Å²) in [5.41, 5.74) is 0. The molecule has 0 aromatic rings. The molecule has 0 aliphatic carbocycles. The highest BCUT2D eigenvalue weighted by Crippen LogP contribution is 2.16. The lowest BCUT2D eigenvalue weighted by Crippen LogP contribution is -2.50. The topological polar surface area (TPSA) is 89.8 Å². The average Bonchev–Trinajstić information content (AvgIpc) is 3.28. The molecule has 364 valence electrons. The summed E-state index contributed by atoms with van der Waals surface area (Å²) in [6.07, 6.45) is 68.4. The fourth-order valence-electron chi connectivity index (χ4n) is 8.39. The molecule has 0 saturated carbocycles. The Morgan fingerprint density at radius 2 is 0.710 bits per heavy atom. The number of rotatable bonds is 50. The highest BCUT2D eigenvalue weighted by Gasteiger charge is 2.26. The zero-order valence-corrected chi connectivity index (χ0v) is 41.5. The van der Waals surface area contributed by atoms with E-state index in [9.17, 15) is 20.1 Å². The first-order valence-corrected chi connectivity index (χ1v) is 27.4. The summed E-state index contributed by atoms with van der Waals surface area (Å²) in [6.45, 7) is 4.17. The van der Waals surface area contributed by atoms with Crippen LogP contribution in [-0.2, 0) is 4.79 Å². The highest BCUT2D eigenvalue weighted by atomic mass is 16.3. The Morgan fingerprint density at radius 1 is 0.403 bits per heavy atom. The van der Waals surface area contributed by atoms with Crippen molar-refractivity contribution >= 4 is 5.91 Å². The van der Waals surface area contributed by atoms with Crippen molar-refractivity contribution in [3.05, 3.63) is 48.6 Å². The molecule has 0 aliphatic heterocycles. The largest absolute Gasteiger partial charge is 0.394 e. The van der Waals surface area contributed by atoms with E-state index in [-0.39, 0.29) is 12.5 Å². The van der Waals surface area contributed by atoms with Crippen molar-refractivity contribution in [2.45, 2.75) is 302 Å². The second-order valence-electron chi connectivity index (χ2n) is 18.8. The normalized spacial score (nSPS) is 13.7. The Balaban J connectivity index is 3.54. The van der Waals surface area contributed by atoms with Gasteiger partial charge in [-0.05, 0) is 83.5 Å². The average molecular weight is 870 g/mol. The molecule has 4 N–H and O–H groups in total. The molecule has 0 radical (unpaired) electrons. The van der Waals surface area contributed by atoms with Crippen LogP contribution in [0.5, 0.6) is 0 Å². The van der Waals surface area contributed by atoms with Gasteiger partial charge in [0.15, 0.2) is 0 Å². The molecule has 0 aromatic carbocycles. The molecule has 0 fully saturated rings. The lowest BCUT2D eigenvalue weighted by Gasteiger charge is -2.26. The van der Waals surface area contributed by atoms with Crippen LogP contribution in [0.25, 0.3) is 0 Å². The van der Waals surface area contributed by atoms with E-state index in [4.69, 9.17) is 0 Å². The lowest BCUT2D eigenvalue weighted by molar-refractivity contribution is -0.124. The van der Waals surface area contributed by atoms with Gasteiger partial charge in [0.25, 0.3) is 0 Å². The molecule has 3 unspecified atom stereocenters. The van der Waals surface area contributed by atoms with Gasteiger partial charge in [0.05, 0.1) is 18.8 Å². The fourth-order valence-corrected chi connectivity index (χ4v) is 8.39. The maximum absolute atomic E-state index is 12.5. The molecule has 0 aromatic heterocycles. The van der Waals surface area contributed by atoms with E-state index in [1.807, 2.05) is 0 Å². The van der Waals surface area contributed by atoms with Gasteiger partial charge in [-0.2, -0.15) is 0 Å². The minimum absolute atomic E-state index is 0.157. The summed E-state index contributed by atoms with van der Waals surface area (Å²) in [5.74, 6) is -0.157. The summed E-state index contributed by atoms with van der Waals surface area (Å²) in [7, 11) is 0. The Bertz CT molecular complexity index is 1000. The Kier molecular flexibility index (Phi) is 50.5. The monoisotopic (exact) mass is 870 g/mol. The fraction of sp³-hybridized carbons (Fsp3) is 0.842. The maximum Gasteiger partial charge on any atom is 0.220 e. The van der Waals surface area contributed by atoms with E-state index in [2.05, 4.69) is 67.8 Å². The zero-order chi connectivity index (χ0) is 45.1. The lowest BCUT2D eigenvalue weighted by atomic mass is 10.0. The van der Waals surface area contributed by atoms with Crippen LogP contribution >= 0.6 is 0 Å². The molecule has 0 bridgehead atoms. The Labute approximate surface area is 387 Å². The Morgan fingerprint density at radius 3 is 1.08 bits per heavy atom. The van der Waals surface area contributed by atoms with Crippen molar-refractivity contribution < 1.29 is 20.1 Å². The van der Waals surface area contributed by atoms with Crippen LogP contribution in [0.3, 0.4) is 0 Å². The van der Waals surface area contributed by atoms with Crippen LogP contribution in [0.2, 0.25) is 0 Å². The Hall–Kier alpha value is -1.69. The van der Waals surface area contributed by atoms with Crippen molar-refractivity contribution in [3.8, 4) is 0 Å². The first-order valence-electron chi connectivity index (χ1n) is 27.4. The number of allylic oxidation sites excluding steroid dienone is 8. The van der Waals surface area contributed by atoms with Gasteiger partial charge in [0.1, 0.15) is 6.10 Å². The van der Waals surface area contributed by atoms with Crippen molar-refractivity contribution in [1.82, 2.24) is 5.32 Å². The van der Waals surface area contributed by atoms with Gasteiger partial charge in [-0.1, -0.05) is 242 Å². The van der Waals surface area contributed by atoms with Crippen LogP contribution in [-0.4, -0.2) is 46.1 Å². The van der Waals surface area contributed by atoms with Crippen molar-refractivity contribution in [2.75, 3.05) is 6.61 Å². The number of hydrogen-bond donors (Lipinski definition) is 4. The number of hydrogen-bond acceptors (Lipinski definition) is 4. The molecule has 0 rings (SSSR count). The minimum atomic E-state index is -1.17. The van der Waals surface area contributed by atoms with Crippen LogP contribution in [0.4, 0.5) is 0 Å². The van der Waals surface area contributed by atoms with Gasteiger partial charge >= 0.3 is 0 Å². The molecule has 0 aliphatic rings. The maximum atomic E-state index is 12.5.